The highest BCUT2D eigenvalue weighted by Gasteiger charge is 2.29. The number of hydrogen-bond acceptors (Lipinski definition) is 5. The fourth-order valence-electron chi connectivity index (χ4n) is 2.86. The van der Waals surface area contributed by atoms with E-state index in [2.05, 4.69) is 10.4 Å². The van der Waals surface area contributed by atoms with Crippen LogP contribution in [0.5, 0.6) is 0 Å². The maximum Gasteiger partial charge on any atom is 0.292 e. The number of thioether (sulfide) groups is 1. The lowest BCUT2D eigenvalue weighted by Crippen LogP contribution is -2.44. The maximum atomic E-state index is 13.6. The quantitative estimate of drug-likeness (QED) is 0.794. The van der Waals surface area contributed by atoms with Crippen molar-refractivity contribution in [1.82, 2.24) is 15.1 Å². The van der Waals surface area contributed by atoms with Gasteiger partial charge in [-0.05, 0) is 12.0 Å². The Hall–Kier alpha value is -2.68. The first-order chi connectivity index (χ1) is 13.4. The van der Waals surface area contributed by atoms with Crippen molar-refractivity contribution in [1.29, 1.82) is 0 Å². The molecule has 1 N–H and O–H groups in total. The van der Waals surface area contributed by atoms with Gasteiger partial charge < -0.3 is 10.2 Å². The minimum absolute atomic E-state index is 0.0129. The maximum absolute atomic E-state index is 13.6. The second-order valence-corrected chi connectivity index (χ2v) is 7.89. The van der Waals surface area contributed by atoms with Crippen LogP contribution in [-0.4, -0.2) is 33.9 Å². The van der Waals surface area contributed by atoms with E-state index < -0.39 is 17.3 Å². The molecular weight excluding hydrogens is 383 g/mol. The minimum Gasteiger partial charge on any atom is -0.350 e. The lowest BCUT2D eigenvalue weighted by Gasteiger charge is -2.29. The molecule has 0 atom stereocenters. The minimum atomic E-state index is -0.486. The van der Waals surface area contributed by atoms with Gasteiger partial charge in [0, 0.05) is 18.7 Å². The van der Waals surface area contributed by atoms with Gasteiger partial charge in [0.15, 0.2) is 0 Å². The summed E-state index contributed by atoms with van der Waals surface area (Å²) in [6.45, 7) is 4.05. The molecule has 1 aromatic heterocycles. The summed E-state index contributed by atoms with van der Waals surface area (Å²) >= 11 is 1.27. The van der Waals surface area contributed by atoms with Crippen LogP contribution in [0.15, 0.2) is 40.2 Å². The molecule has 2 heterocycles. The van der Waals surface area contributed by atoms with Crippen LogP contribution in [0.25, 0.3) is 0 Å². The number of amides is 2. The molecule has 148 valence electrons. The van der Waals surface area contributed by atoms with Crippen molar-refractivity contribution < 1.29 is 14.0 Å². The number of benzene rings is 1. The first kappa shape index (κ1) is 20.1. The lowest BCUT2D eigenvalue weighted by atomic mass is 10.2. The van der Waals surface area contributed by atoms with Gasteiger partial charge in [0.25, 0.3) is 5.56 Å². The van der Waals surface area contributed by atoms with Crippen LogP contribution < -0.4 is 15.8 Å². The molecule has 1 aliphatic rings. The Labute approximate surface area is 165 Å². The van der Waals surface area contributed by atoms with E-state index in [1.807, 2.05) is 13.8 Å². The highest BCUT2D eigenvalue weighted by atomic mass is 32.2. The molecule has 0 radical (unpaired) electrons. The average molecular weight is 404 g/mol. The zero-order valence-electron chi connectivity index (χ0n) is 15.6. The van der Waals surface area contributed by atoms with Crippen molar-refractivity contribution in [2.75, 3.05) is 17.2 Å². The Balaban J connectivity index is 1.77. The molecule has 1 aromatic carbocycles. The zero-order chi connectivity index (χ0) is 20.3. The number of nitrogens with zero attached hydrogens (tertiary/aromatic N) is 3. The molecule has 2 aromatic rings. The number of carbonyl (C=O) groups excluding carboxylic acids is 2. The third-order valence-electron chi connectivity index (χ3n) is 4.18. The molecule has 7 nitrogen and oxygen atoms in total. The highest BCUT2D eigenvalue weighted by Crippen LogP contribution is 2.32. The van der Waals surface area contributed by atoms with Gasteiger partial charge in [0.05, 0.1) is 16.8 Å². The molecule has 0 bridgehead atoms. The molecule has 9 heteroatoms. The first-order valence-corrected chi connectivity index (χ1v) is 9.88. The van der Waals surface area contributed by atoms with E-state index in [4.69, 9.17) is 0 Å². The third-order valence-corrected chi connectivity index (χ3v) is 5.18. The smallest absolute Gasteiger partial charge is 0.292 e. The number of aromatic nitrogens is 2. The Morgan fingerprint density at radius 2 is 2.07 bits per heavy atom. The Morgan fingerprint density at radius 3 is 2.79 bits per heavy atom. The van der Waals surface area contributed by atoms with Gasteiger partial charge in [0.2, 0.25) is 11.8 Å². The summed E-state index contributed by atoms with van der Waals surface area (Å²) in [5, 5.41) is 6.64. The summed E-state index contributed by atoms with van der Waals surface area (Å²) in [7, 11) is 0. The van der Waals surface area contributed by atoms with E-state index in [0.717, 1.165) is 4.68 Å². The molecule has 3 rings (SSSR count). The molecular formula is C19H21FN4O3S. The van der Waals surface area contributed by atoms with Crippen molar-refractivity contribution in [3.8, 4) is 0 Å². The summed E-state index contributed by atoms with van der Waals surface area (Å²) < 4.78 is 14.7. The number of carbonyl (C=O) groups is 2. The fourth-order valence-corrected chi connectivity index (χ4v) is 3.75. The van der Waals surface area contributed by atoms with Crippen molar-refractivity contribution in [2.24, 2.45) is 5.92 Å². The Morgan fingerprint density at radius 1 is 1.32 bits per heavy atom. The number of rotatable bonds is 6. The van der Waals surface area contributed by atoms with E-state index in [-0.39, 0.29) is 36.4 Å². The second kappa shape index (κ2) is 8.55. The van der Waals surface area contributed by atoms with Crippen molar-refractivity contribution in [3.05, 3.63) is 52.2 Å². The van der Waals surface area contributed by atoms with Crippen LogP contribution in [0, 0.1) is 11.7 Å². The number of fused-ring (bicyclic) bond motifs is 1. The molecule has 28 heavy (non-hydrogen) atoms. The SMILES string of the molecule is CC(C)CN1C(=O)CSc2cnn(CC(=O)NCc3ccccc3F)c(=O)c21. The summed E-state index contributed by atoms with van der Waals surface area (Å²) in [6, 6.07) is 6.14. The van der Waals surface area contributed by atoms with Crippen molar-refractivity contribution in [2.45, 2.75) is 31.8 Å². The third kappa shape index (κ3) is 4.41. The van der Waals surface area contributed by atoms with Crippen molar-refractivity contribution in [3.63, 3.8) is 0 Å². The monoisotopic (exact) mass is 404 g/mol. The summed E-state index contributed by atoms with van der Waals surface area (Å²) in [5.41, 5.74) is 0.137. The first-order valence-electron chi connectivity index (χ1n) is 8.90. The number of anilines is 1. The second-order valence-electron chi connectivity index (χ2n) is 6.88. The molecule has 1 aliphatic heterocycles. The highest BCUT2D eigenvalue weighted by molar-refractivity contribution is 8.00. The van der Waals surface area contributed by atoms with E-state index >= 15 is 0 Å². The predicted molar refractivity (Wildman–Crippen MR) is 105 cm³/mol. The number of hydrogen-bond donors (Lipinski definition) is 1. The predicted octanol–water partition coefficient (Wildman–Crippen LogP) is 1.79. The van der Waals surface area contributed by atoms with Gasteiger partial charge in [-0.3, -0.25) is 14.4 Å². The van der Waals surface area contributed by atoms with Crippen LogP contribution in [-0.2, 0) is 22.7 Å². The Kier molecular flexibility index (Phi) is 6.13. The van der Waals surface area contributed by atoms with Crippen LogP contribution in [0.2, 0.25) is 0 Å². The van der Waals surface area contributed by atoms with E-state index in [1.165, 1.54) is 28.9 Å². The van der Waals surface area contributed by atoms with E-state index in [1.54, 1.807) is 18.2 Å². The molecule has 0 aliphatic carbocycles. The fraction of sp³-hybridized carbons (Fsp3) is 0.368. The molecule has 2 amide bonds. The van der Waals surface area contributed by atoms with Crippen LogP contribution in [0.4, 0.5) is 10.1 Å². The van der Waals surface area contributed by atoms with Crippen LogP contribution in [0.1, 0.15) is 19.4 Å². The summed E-state index contributed by atoms with van der Waals surface area (Å²) in [5.74, 6) is -0.571. The summed E-state index contributed by atoms with van der Waals surface area (Å²) in [6.07, 6.45) is 1.51. The topological polar surface area (TPSA) is 84.3 Å². The average Bonchev–Trinajstić information content (AvgIpc) is 2.65. The Bertz CT molecular complexity index is 960. The molecule has 0 fully saturated rings. The normalized spacial score (nSPS) is 13.6. The molecule has 0 unspecified atom stereocenters. The zero-order valence-corrected chi connectivity index (χ0v) is 16.5. The van der Waals surface area contributed by atoms with Gasteiger partial charge in [-0.1, -0.05) is 32.0 Å². The molecule has 0 saturated carbocycles. The largest absolute Gasteiger partial charge is 0.350 e. The van der Waals surface area contributed by atoms with Crippen molar-refractivity contribution >= 4 is 29.3 Å². The molecule has 0 saturated heterocycles. The standard InChI is InChI=1S/C19H21FN4O3S/c1-12(2)9-23-17(26)11-28-15-8-22-24(19(27)18(15)23)10-16(25)21-7-13-5-3-4-6-14(13)20/h3-6,8,12H,7,9-11H2,1-2H3,(H,21,25). The lowest BCUT2D eigenvalue weighted by molar-refractivity contribution is -0.122. The van der Waals surface area contributed by atoms with Gasteiger partial charge in [-0.2, -0.15) is 5.10 Å². The van der Waals surface area contributed by atoms with Gasteiger partial charge in [-0.15, -0.1) is 11.8 Å². The number of nitrogens with one attached hydrogen (secondary N) is 1. The molecule has 0 spiro atoms. The van der Waals surface area contributed by atoms with Crippen LogP contribution >= 0.6 is 11.8 Å². The van der Waals surface area contributed by atoms with Gasteiger partial charge >= 0.3 is 0 Å². The van der Waals surface area contributed by atoms with E-state index in [0.29, 0.717) is 17.0 Å². The van der Waals surface area contributed by atoms with Gasteiger partial charge in [0.1, 0.15) is 18.0 Å². The number of halogens is 1. The summed E-state index contributed by atoms with van der Waals surface area (Å²) in [4.78, 5) is 39.5. The van der Waals surface area contributed by atoms with Gasteiger partial charge in [-0.25, -0.2) is 9.07 Å². The van der Waals surface area contributed by atoms with Crippen LogP contribution in [0.3, 0.4) is 0 Å². The van der Waals surface area contributed by atoms with E-state index in [9.17, 15) is 18.8 Å².